The van der Waals surface area contributed by atoms with Gasteiger partial charge in [0.15, 0.2) is 0 Å². The predicted octanol–water partition coefficient (Wildman–Crippen LogP) is 3.13. The first-order valence-corrected chi connectivity index (χ1v) is 8.82. The van der Waals surface area contributed by atoms with Gasteiger partial charge in [-0.2, -0.15) is 11.8 Å². The maximum atomic E-state index is 12.2. The third kappa shape index (κ3) is 3.23. The van der Waals surface area contributed by atoms with E-state index in [0.717, 1.165) is 35.5 Å². The smallest absolute Gasteiger partial charge is 0.223 e. The molecule has 1 aliphatic rings. The number of amides is 1. The van der Waals surface area contributed by atoms with Crippen LogP contribution in [0.3, 0.4) is 0 Å². The minimum Gasteiger partial charge on any atom is -0.346 e. The molecule has 1 heterocycles. The van der Waals surface area contributed by atoms with Crippen molar-refractivity contribution in [3.05, 3.63) is 30.1 Å². The molecule has 0 spiro atoms. The Morgan fingerprint density at radius 3 is 2.95 bits per heavy atom. The minimum absolute atomic E-state index is 0.0230. The zero-order valence-electron chi connectivity index (χ0n) is 12.4. The van der Waals surface area contributed by atoms with Gasteiger partial charge in [0.2, 0.25) is 5.91 Å². The number of H-pyrrole nitrogens is 1. The number of aromatic nitrogens is 2. The van der Waals surface area contributed by atoms with Crippen molar-refractivity contribution in [3.63, 3.8) is 0 Å². The van der Waals surface area contributed by atoms with Crippen LogP contribution in [0.5, 0.6) is 0 Å². The summed E-state index contributed by atoms with van der Waals surface area (Å²) in [5.74, 6) is 2.77. The number of benzene rings is 1. The van der Waals surface area contributed by atoms with E-state index in [4.69, 9.17) is 0 Å². The maximum absolute atomic E-state index is 12.2. The van der Waals surface area contributed by atoms with Gasteiger partial charge in [0.25, 0.3) is 0 Å². The second-order valence-electron chi connectivity index (χ2n) is 5.80. The van der Waals surface area contributed by atoms with Crippen molar-refractivity contribution in [3.8, 4) is 0 Å². The van der Waals surface area contributed by atoms with Crippen LogP contribution in [0.15, 0.2) is 24.3 Å². The molecule has 4 nitrogen and oxygen atoms in total. The molecule has 3 atom stereocenters. The molecule has 2 N–H and O–H groups in total. The van der Waals surface area contributed by atoms with Crippen LogP contribution in [0.4, 0.5) is 0 Å². The molecule has 1 amide bonds. The van der Waals surface area contributed by atoms with E-state index < -0.39 is 0 Å². The van der Waals surface area contributed by atoms with Crippen molar-refractivity contribution in [2.75, 3.05) is 12.0 Å². The Kier molecular flexibility index (Phi) is 4.19. The summed E-state index contributed by atoms with van der Waals surface area (Å²) in [4.78, 5) is 20.2. The fourth-order valence-electron chi connectivity index (χ4n) is 2.62. The number of nitrogens with zero attached hydrogens (tertiary/aromatic N) is 1. The summed E-state index contributed by atoms with van der Waals surface area (Å²) in [7, 11) is 0. The highest BCUT2D eigenvalue weighted by atomic mass is 32.2. The molecule has 1 aromatic heterocycles. The Labute approximate surface area is 129 Å². The number of imidazole rings is 1. The maximum Gasteiger partial charge on any atom is 0.223 e. The Morgan fingerprint density at radius 2 is 2.29 bits per heavy atom. The fraction of sp³-hybridized carbons (Fsp3) is 0.500. The Bertz CT molecular complexity index is 606. The molecule has 2 aromatic rings. The van der Waals surface area contributed by atoms with Crippen LogP contribution in [-0.4, -0.2) is 27.9 Å². The third-order valence-electron chi connectivity index (χ3n) is 4.11. The molecule has 1 aliphatic carbocycles. The first-order chi connectivity index (χ1) is 10.2. The summed E-state index contributed by atoms with van der Waals surface area (Å²) < 4.78 is 0. The van der Waals surface area contributed by atoms with Gasteiger partial charge in [0, 0.05) is 5.92 Å². The van der Waals surface area contributed by atoms with Gasteiger partial charge in [0.1, 0.15) is 5.82 Å². The number of thioether (sulfide) groups is 1. The van der Waals surface area contributed by atoms with Crippen molar-refractivity contribution < 1.29 is 4.79 Å². The molecule has 3 rings (SSSR count). The van der Waals surface area contributed by atoms with Crippen molar-refractivity contribution in [2.45, 2.75) is 25.8 Å². The second kappa shape index (κ2) is 6.10. The number of rotatable bonds is 6. The van der Waals surface area contributed by atoms with Crippen LogP contribution in [0.1, 0.15) is 31.6 Å². The Morgan fingerprint density at radius 1 is 1.52 bits per heavy atom. The van der Waals surface area contributed by atoms with Crippen molar-refractivity contribution in [1.29, 1.82) is 0 Å². The lowest BCUT2D eigenvalue weighted by molar-refractivity contribution is -0.123. The molecular weight excluding hydrogens is 282 g/mol. The van der Waals surface area contributed by atoms with E-state index in [1.54, 1.807) is 11.8 Å². The van der Waals surface area contributed by atoms with Gasteiger partial charge >= 0.3 is 0 Å². The third-order valence-corrected chi connectivity index (χ3v) is 4.76. The van der Waals surface area contributed by atoms with Gasteiger partial charge < -0.3 is 10.3 Å². The fourth-order valence-corrected chi connectivity index (χ4v) is 3.09. The summed E-state index contributed by atoms with van der Waals surface area (Å²) >= 11 is 1.79. The SMILES string of the molecule is CSCC[C@H](NC(=O)[C@@H]1C[C@H]1C)c1nc2ccccc2[nH]1. The highest BCUT2D eigenvalue weighted by Gasteiger charge is 2.40. The number of hydrogen-bond donors (Lipinski definition) is 2. The summed E-state index contributed by atoms with van der Waals surface area (Å²) in [5, 5.41) is 3.18. The van der Waals surface area contributed by atoms with E-state index in [2.05, 4.69) is 28.5 Å². The molecular formula is C16H21N3OS. The van der Waals surface area contributed by atoms with Gasteiger partial charge in [-0.25, -0.2) is 4.98 Å². The number of hydrogen-bond acceptors (Lipinski definition) is 3. The molecule has 21 heavy (non-hydrogen) atoms. The average molecular weight is 303 g/mol. The number of carbonyl (C=O) groups excluding carboxylic acids is 1. The minimum atomic E-state index is -0.0230. The lowest BCUT2D eigenvalue weighted by Gasteiger charge is -2.16. The number of para-hydroxylation sites is 2. The van der Waals surface area contributed by atoms with Crippen molar-refractivity contribution >= 4 is 28.7 Å². The van der Waals surface area contributed by atoms with E-state index >= 15 is 0 Å². The van der Waals surface area contributed by atoms with Gasteiger partial charge in [0.05, 0.1) is 17.1 Å². The van der Waals surface area contributed by atoms with Gasteiger partial charge in [-0.3, -0.25) is 4.79 Å². The number of aromatic amines is 1. The van der Waals surface area contributed by atoms with E-state index in [1.165, 1.54) is 0 Å². The van der Waals surface area contributed by atoms with Crippen LogP contribution >= 0.6 is 11.8 Å². The molecule has 1 aromatic carbocycles. The second-order valence-corrected chi connectivity index (χ2v) is 6.79. The van der Waals surface area contributed by atoms with Crippen LogP contribution in [0.2, 0.25) is 0 Å². The van der Waals surface area contributed by atoms with E-state index in [0.29, 0.717) is 5.92 Å². The summed E-state index contributed by atoms with van der Waals surface area (Å²) in [6, 6.07) is 7.96. The normalized spacial score (nSPS) is 22.2. The molecule has 0 radical (unpaired) electrons. The summed E-state index contributed by atoms with van der Waals surface area (Å²) in [6.45, 7) is 2.13. The van der Waals surface area contributed by atoms with Crippen molar-refractivity contribution in [2.24, 2.45) is 11.8 Å². The first kappa shape index (κ1) is 14.4. The molecule has 0 bridgehead atoms. The van der Waals surface area contributed by atoms with Gasteiger partial charge in [-0.1, -0.05) is 19.1 Å². The topological polar surface area (TPSA) is 57.8 Å². The van der Waals surface area contributed by atoms with Crippen LogP contribution in [0.25, 0.3) is 11.0 Å². The summed E-state index contributed by atoms with van der Waals surface area (Å²) in [5.41, 5.74) is 1.98. The van der Waals surface area contributed by atoms with Crippen LogP contribution < -0.4 is 5.32 Å². The number of nitrogens with one attached hydrogen (secondary N) is 2. The van der Waals surface area contributed by atoms with Crippen LogP contribution in [-0.2, 0) is 4.79 Å². The molecule has 112 valence electrons. The van der Waals surface area contributed by atoms with Gasteiger partial charge in [-0.05, 0) is 42.9 Å². The zero-order valence-corrected chi connectivity index (χ0v) is 13.2. The standard InChI is InChI=1S/C16H21N3OS/c1-10-9-11(10)16(20)19-14(7-8-21-2)15-17-12-5-3-4-6-13(12)18-15/h3-6,10-11,14H,7-9H2,1-2H3,(H,17,18)(H,19,20)/t10-,11-,14+/m1/s1. The molecule has 5 heteroatoms. The molecule has 1 fully saturated rings. The lowest BCUT2D eigenvalue weighted by Crippen LogP contribution is -2.31. The molecule has 0 aliphatic heterocycles. The highest BCUT2D eigenvalue weighted by Crippen LogP contribution is 2.38. The van der Waals surface area contributed by atoms with Crippen molar-refractivity contribution in [1.82, 2.24) is 15.3 Å². The quantitative estimate of drug-likeness (QED) is 0.862. The lowest BCUT2D eigenvalue weighted by atomic mass is 10.2. The summed E-state index contributed by atoms with van der Waals surface area (Å²) in [6.07, 6.45) is 4.00. The predicted molar refractivity (Wildman–Crippen MR) is 87.2 cm³/mol. The molecule has 0 unspecified atom stereocenters. The van der Waals surface area contributed by atoms with E-state index in [1.807, 2.05) is 24.3 Å². The molecule has 0 saturated heterocycles. The number of carbonyl (C=O) groups is 1. The molecule has 1 saturated carbocycles. The monoisotopic (exact) mass is 303 g/mol. The average Bonchev–Trinajstić information content (AvgIpc) is 3.06. The van der Waals surface area contributed by atoms with E-state index in [-0.39, 0.29) is 17.9 Å². The van der Waals surface area contributed by atoms with Crippen LogP contribution in [0, 0.1) is 11.8 Å². The Balaban J connectivity index is 1.78. The Hall–Kier alpha value is -1.49. The van der Waals surface area contributed by atoms with Gasteiger partial charge in [-0.15, -0.1) is 0 Å². The highest BCUT2D eigenvalue weighted by molar-refractivity contribution is 7.98. The zero-order chi connectivity index (χ0) is 14.8. The largest absolute Gasteiger partial charge is 0.346 e. The van der Waals surface area contributed by atoms with E-state index in [9.17, 15) is 4.79 Å². The first-order valence-electron chi connectivity index (χ1n) is 7.43. The number of fused-ring (bicyclic) bond motifs is 1.